The smallest absolute Gasteiger partial charge is 0.258 e. The molecule has 1 fully saturated rings. The number of benzene rings is 2. The van der Waals surface area contributed by atoms with Gasteiger partial charge in [0.1, 0.15) is 12.2 Å². The average Bonchev–Trinajstić information content (AvgIpc) is 3.01. The molecule has 1 unspecified atom stereocenters. The normalized spacial score (nSPS) is 20.7. The molecule has 0 bridgehead atoms. The molecule has 0 spiro atoms. The van der Waals surface area contributed by atoms with E-state index in [0.29, 0.717) is 35.7 Å². The Morgan fingerprint density at radius 3 is 2.48 bits per heavy atom. The summed E-state index contributed by atoms with van der Waals surface area (Å²) in [5.41, 5.74) is 2.13. The van der Waals surface area contributed by atoms with Crippen molar-refractivity contribution in [2.75, 3.05) is 16.8 Å². The van der Waals surface area contributed by atoms with Crippen LogP contribution >= 0.6 is 0 Å². The number of rotatable bonds is 4. The Kier molecular flexibility index (Phi) is 4.65. The number of hydrogen-bond donors (Lipinski definition) is 1. The molecule has 0 saturated carbocycles. The van der Waals surface area contributed by atoms with Crippen LogP contribution in [0, 0.1) is 0 Å². The lowest BCUT2D eigenvalue weighted by Gasteiger charge is -2.48. The van der Waals surface area contributed by atoms with E-state index < -0.39 is 5.66 Å². The second-order valence-corrected chi connectivity index (χ2v) is 8.18. The quantitative estimate of drug-likeness (QED) is 0.863. The van der Waals surface area contributed by atoms with Crippen molar-refractivity contribution < 1.29 is 14.4 Å². The van der Waals surface area contributed by atoms with Crippen molar-refractivity contribution in [3.63, 3.8) is 0 Å². The van der Waals surface area contributed by atoms with Crippen molar-refractivity contribution in [1.29, 1.82) is 0 Å². The topological polar surface area (TPSA) is 69.7 Å². The van der Waals surface area contributed by atoms with Gasteiger partial charge in [0.25, 0.3) is 5.91 Å². The van der Waals surface area contributed by atoms with Gasteiger partial charge in [-0.2, -0.15) is 0 Å². The van der Waals surface area contributed by atoms with Gasteiger partial charge in [-0.05, 0) is 49.1 Å². The minimum Gasteiger partial charge on any atom is -0.325 e. The van der Waals surface area contributed by atoms with Crippen molar-refractivity contribution in [3.05, 3.63) is 59.7 Å². The first-order chi connectivity index (χ1) is 13.8. The molecule has 2 aliphatic heterocycles. The second kappa shape index (κ2) is 7.03. The fourth-order valence-corrected chi connectivity index (χ4v) is 4.24. The molecule has 2 aliphatic rings. The summed E-state index contributed by atoms with van der Waals surface area (Å²) in [5.74, 6) is -0.117. The molecule has 0 aromatic heterocycles. The molecule has 3 amide bonds. The van der Waals surface area contributed by atoms with E-state index in [1.165, 1.54) is 10.5 Å². The third-order valence-corrected chi connectivity index (χ3v) is 5.91. The maximum atomic E-state index is 13.2. The number of anilines is 2. The zero-order valence-electron chi connectivity index (χ0n) is 16.9. The molecule has 2 heterocycles. The number of carbonyl (C=O) groups excluding carboxylic acids is 3. The van der Waals surface area contributed by atoms with Crippen LogP contribution in [0.2, 0.25) is 0 Å². The Hall–Kier alpha value is -3.15. The highest BCUT2D eigenvalue weighted by Crippen LogP contribution is 2.43. The largest absolute Gasteiger partial charge is 0.325 e. The fraction of sp³-hybridized carbons (Fsp3) is 0.348. The first-order valence-corrected chi connectivity index (χ1v) is 9.95. The maximum absolute atomic E-state index is 13.2. The van der Waals surface area contributed by atoms with E-state index in [4.69, 9.17) is 0 Å². The lowest BCUT2D eigenvalue weighted by molar-refractivity contribution is -0.120. The zero-order chi connectivity index (χ0) is 20.8. The van der Waals surface area contributed by atoms with E-state index in [1.807, 2.05) is 37.3 Å². The summed E-state index contributed by atoms with van der Waals surface area (Å²) in [6.07, 6.45) is 0.856. The number of nitrogens with zero attached hydrogens (tertiary/aromatic N) is 2. The van der Waals surface area contributed by atoms with Gasteiger partial charge in [0.15, 0.2) is 0 Å². The van der Waals surface area contributed by atoms with Gasteiger partial charge in [-0.3, -0.25) is 19.3 Å². The van der Waals surface area contributed by atoms with E-state index >= 15 is 0 Å². The molecule has 29 heavy (non-hydrogen) atoms. The highest BCUT2D eigenvalue weighted by molar-refractivity contribution is 6.11. The predicted molar refractivity (Wildman–Crippen MR) is 112 cm³/mol. The van der Waals surface area contributed by atoms with Gasteiger partial charge < -0.3 is 10.2 Å². The number of hydrogen-bond acceptors (Lipinski definition) is 3. The minimum atomic E-state index is -0.832. The average molecular weight is 391 g/mol. The van der Waals surface area contributed by atoms with Crippen molar-refractivity contribution >= 4 is 29.1 Å². The van der Waals surface area contributed by atoms with Crippen molar-refractivity contribution in [2.24, 2.45) is 0 Å². The molecule has 0 radical (unpaired) electrons. The standard InChI is InChI=1S/C23H25N3O3/c1-15(2)16-8-10-17(11-9-16)24-20(27)14-25-22(29)18-6-4-5-7-19(18)26-21(28)12-13-23(25,26)3/h4-11,15H,12-14H2,1-3H3,(H,24,27). The van der Waals surface area contributed by atoms with Crippen LogP contribution in [0.1, 0.15) is 55.5 Å². The maximum Gasteiger partial charge on any atom is 0.258 e. The Morgan fingerprint density at radius 2 is 1.79 bits per heavy atom. The second-order valence-electron chi connectivity index (χ2n) is 8.18. The monoisotopic (exact) mass is 391 g/mol. The van der Waals surface area contributed by atoms with E-state index in [9.17, 15) is 14.4 Å². The van der Waals surface area contributed by atoms with Crippen LogP contribution in [0.25, 0.3) is 0 Å². The van der Waals surface area contributed by atoms with Crippen LogP contribution in [0.15, 0.2) is 48.5 Å². The van der Waals surface area contributed by atoms with Crippen LogP contribution in [0.3, 0.4) is 0 Å². The van der Waals surface area contributed by atoms with Gasteiger partial charge in [-0.1, -0.05) is 38.1 Å². The summed E-state index contributed by atoms with van der Waals surface area (Å²) in [7, 11) is 0. The van der Waals surface area contributed by atoms with E-state index in [-0.39, 0.29) is 24.3 Å². The number of amides is 3. The predicted octanol–water partition coefficient (Wildman–Crippen LogP) is 3.75. The summed E-state index contributed by atoms with van der Waals surface area (Å²) in [6.45, 7) is 5.97. The summed E-state index contributed by atoms with van der Waals surface area (Å²) in [6, 6.07) is 14.8. The van der Waals surface area contributed by atoms with Gasteiger partial charge in [0.2, 0.25) is 11.8 Å². The number of fused-ring (bicyclic) bond motifs is 3. The third kappa shape index (κ3) is 3.18. The van der Waals surface area contributed by atoms with Crippen LogP contribution in [0.4, 0.5) is 11.4 Å². The first kappa shape index (κ1) is 19.2. The van der Waals surface area contributed by atoms with Crippen molar-refractivity contribution in [1.82, 2.24) is 4.90 Å². The van der Waals surface area contributed by atoms with Gasteiger partial charge >= 0.3 is 0 Å². The first-order valence-electron chi connectivity index (χ1n) is 9.95. The zero-order valence-corrected chi connectivity index (χ0v) is 16.9. The molecular formula is C23H25N3O3. The van der Waals surface area contributed by atoms with Gasteiger partial charge in [0, 0.05) is 12.1 Å². The van der Waals surface area contributed by atoms with Crippen LogP contribution < -0.4 is 10.2 Å². The lowest BCUT2D eigenvalue weighted by atomic mass is 9.98. The Balaban J connectivity index is 1.58. The van der Waals surface area contributed by atoms with Gasteiger partial charge in [-0.25, -0.2) is 0 Å². The third-order valence-electron chi connectivity index (χ3n) is 5.91. The van der Waals surface area contributed by atoms with Gasteiger partial charge in [0.05, 0.1) is 11.3 Å². The van der Waals surface area contributed by atoms with E-state index in [1.54, 1.807) is 23.1 Å². The Labute approximate surface area is 170 Å². The van der Waals surface area contributed by atoms with Crippen LogP contribution in [-0.2, 0) is 9.59 Å². The summed E-state index contributed by atoms with van der Waals surface area (Å²) in [4.78, 5) is 41.7. The molecule has 2 aromatic rings. The molecule has 150 valence electrons. The molecule has 6 nitrogen and oxygen atoms in total. The minimum absolute atomic E-state index is 0.0258. The number of nitrogens with one attached hydrogen (secondary N) is 1. The summed E-state index contributed by atoms with van der Waals surface area (Å²) in [5, 5.41) is 2.87. The molecule has 6 heteroatoms. The molecule has 2 aromatic carbocycles. The van der Waals surface area contributed by atoms with Gasteiger partial charge in [-0.15, -0.1) is 0 Å². The van der Waals surface area contributed by atoms with Crippen molar-refractivity contribution in [2.45, 2.75) is 45.2 Å². The lowest BCUT2D eigenvalue weighted by Crippen LogP contribution is -2.63. The fourth-order valence-electron chi connectivity index (χ4n) is 4.24. The molecule has 0 aliphatic carbocycles. The van der Waals surface area contributed by atoms with Crippen molar-refractivity contribution in [3.8, 4) is 0 Å². The summed E-state index contributed by atoms with van der Waals surface area (Å²) >= 11 is 0. The van der Waals surface area contributed by atoms with Crippen LogP contribution in [0.5, 0.6) is 0 Å². The van der Waals surface area contributed by atoms with E-state index in [2.05, 4.69) is 19.2 Å². The SMILES string of the molecule is CC(C)c1ccc(NC(=O)CN2C(=O)c3ccccc3N3C(=O)CCC23C)cc1. The molecule has 1 N–H and O–H groups in total. The molecular weight excluding hydrogens is 366 g/mol. The van der Waals surface area contributed by atoms with Crippen LogP contribution in [-0.4, -0.2) is 34.8 Å². The highest BCUT2D eigenvalue weighted by atomic mass is 16.2. The summed E-state index contributed by atoms with van der Waals surface area (Å²) < 4.78 is 0. The highest BCUT2D eigenvalue weighted by Gasteiger charge is 2.53. The number of para-hydroxylation sites is 1. The molecule has 1 saturated heterocycles. The van der Waals surface area contributed by atoms with E-state index in [0.717, 1.165) is 0 Å². The number of carbonyl (C=O) groups is 3. The molecule has 4 rings (SSSR count). The molecule has 1 atom stereocenters. The Bertz CT molecular complexity index is 983. The Morgan fingerprint density at radius 1 is 1.10 bits per heavy atom.